The van der Waals surface area contributed by atoms with E-state index >= 15 is 0 Å². The Balaban J connectivity index is 2.89. The molecule has 0 saturated heterocycles. The van der Waals surface area contributed by atoms with Crippen molar-refractivity contribution >= 4 is 31.9 Å². The SMILES string of the molecule is CN(CCCCCO)S(=O)(=O)c1ccc(C(=O)O)cc1Br. The first-order valence-electron chi connectivity index (χ1n) is 6.40. The summed E-state index contributed by atoms with van der Waals surface area (Å²) in [7, 11) is -2.19. The highest BCUT2D eigenvalue weighted by molar-refractivity contribution is 9.10. The molecule has 0 aliphatic rings. The number of unbranched alkanes of at least 4 members (excludes halogenated alkanes) is 2. The van der Waals surface area contributed by atoms with Crippen molar-refractivity contribution in [3.05, 3.63) is 28.2 Å². The molecule has 0 spiro atoms. The third-order valence-corrected chi connectivity index (χ3v) is 5.83. The van der Waals surface area contributed by atoms with Crippen LogP contribution in [0, 0.1) is 0 Å². The van der Waals surface area contributed by atoms with E-state index in [0.29, 0.717) is 19.4 Å². The number of hydrogen-bond donors (Lipinski definition) is 2. The van der Waals surface area contributed by atoms with Gasteiger partial charge in [-0.2, -0.15) is 0 Å². The first-order valence-corrected chi connectivity index (χ1v) is 8.64. The molecule has 1 aromatic carbocycles. The van der Waals surface area contributed by atoms with Gasteiger partial charge in [0.15, 0.2) is 0 Å². The van der Waals surface area contributed by atoms with E-state index in [1.165, 1.54) is 29.6 Å². The van der Waals surface area contributed by atoms with Gasteiger partial charge in [-0.05, 0) is 53.4 Å². The number of hydrogen-bond acceptors (Lipinski definition) is 4. The number of rotatable bonds is 8. The van der Waals surface area contributed by atoms with Crippen LogP contribution in [0.25, 0.3) is 0 Å². The lowest BCUT2D eigenvalue weighted by Gasteiger charge is -2.18. The van der Waals surface area contributed by atoms with Crippen molar-refractivity contribution < 1.29 is 23.4 Å². The molecule has 0 radical (unpaired) electrons. The van der Waals surface area contributed by atoms with Crippen LogP contribution in [0.1, 0.15) is 29.6 Å². The normalized spacial score (nSPS) is 11.8. The summed E-state index contributed by atoms with van der Waals surface area (Å²) in [6.45, 7) is 0.439. The van der Waals surface area contributed by atoms with Crippen molar-refractivity contribution in [1.29, 1.82) is 0 Å². The third-order valence-electron chi connectivity index (χ3n) is 3.00. The number of aromatic carboxylic acids is 1. The van der Waals surface area contributed by atoms with Crippen molar-refractivity contribution in [1.82, 2.24) is 4.31 Å². The van der Waals surface area contributed by atoms with E-state index in [2.05, 4.69) is 15.9 Å². The van der Waals surface area contributed by atoms with Crippen molar-refractivity contribution in [3.8, 4) is 0 Å². The summed E-state index contributed by atoms with van der Waals surface area (Å²) in [5.41, 5.74) is 0.0198. The summed E-state index contributed by atoms with van der Waals surface area (Å²) in [6.07, 6.45) is 2.04. The molecule has 0 aliphatic carbocycles. The van der Waals surface area contributed by atoms with Gasteiger partial charge in [0.25, 0.3) is 0 Å². The highest BCUT2D eigenvalue weighted by atomic mass is 79.9. The van der Waals surface area contributed by atoms with Crippen LogP contribution in [0.15, 0.2) is 27.6 Å². The molecule has 2 N–H and O–H groups in total. The van der Waals surface area contributed by atoms with E-state index in [9.17, 15) is 13.2 Å². The van der Waals surface area contributed by atoms with Gasteiger partial charge in [-0.15, -0.1) is 0 Å². The fraction of sp³-hybridized carbons (Fsp3) is 0.462. The Hall–Kier alpha value is -0.960. The largest absolute Gasteiger partial charge is 0.478 e. The van der Waals surface area contributed by atoms with Crippen LogP contribution in [0.5, 0.6) is 0 Å². The van der Waals surface area contributed by atoms with Gasteiger partial charge in [0.05, 0.1) is 10.5 Å². The smallest absolute Gasteiger partial charge is 0.335 e. The van der Waals surface area contributed by atoms with E-state index < -0.39 is 16.0 Å². The van der Waals surface area contributed by atoms with Gasteiger partial charge in [-0.25, -0.2) is 17.5 Å². The maximum atomic E-state index is 12.4. The molecule has 0 bridgehead atoms. The molecule has 21 heavy (non-hydrogen) atoms. The van der Waals surface area contributed by atoms with E-state index in [4.69, 9.17) is 10.2 Å². The minimum atomic E-state index is -3.67. The lowest BCUT2D eigenvalue weighted by atomic mass is 10.2. The Kier molecular flexibility index (Phi) is 6.79. The number of carbonyl (C=O) groups is 1. The number of aliphatic hydroxyl groups is 1. The standard InChI is InChI=1S/C13H18BrNO5S/c1-15(7-3-2-4-8-16)21(19,20)12-6-5-10(13(17)18)9-11(12)14/h5-6,9,16H,2-4,7-8H2,1H3,(H,17,18). The Morgan fingerprint density at radius 3 is 2.48 bits per heavy atom. The Bertz CT molecular complexity index is 603. The van der Waals surface area contributed by atoms with Gasteiger partial charge in [-0.1, -0.05) is 0 Å². The topological polar surface area (TPSA) is 94.9 Å². The van der Waals surface area contributed by atoms with Gasteiger partial charge < -0.3 is 10.2 Å². The lowest BCUT2D eigenvalue weighted by Crippen LogP contribution is -2.28. The Morgan fingerprint density at radius 1 is 1.29 bits per heavy atom. The number of halogens is 1. The third kappa shape index (κ3) is 4.77. The number of carboxylic acids is 1. The highest BCUT2D eigenvalue weighted by Gasteiger charge is 2.23. The van der Waals surface area contributed by atoms with Gasteiger partial charge in [0.1, 0.15) is 0 Å². The quantitative estimate of drug-likeness (QED) is 0.672. The minimum absolute atomic E-state index is 0.0198. The number of nitrogens with zero attached hydrogens (tertiary/aromatic N) is 1. The average molecular weight is 380 g/mol. The summed E-state index contributed by atoms with van der Waals surface area (Å²) in [5.74, 6) is -1.11. The molecule has 0 atom stereocenters. The van der Waals surface area contributed by atoms with Gasteiger partial charge in [0, 0.05) is 24.7 Å². The molecule has 0 amide bonds. The minimum Gasteiger partial charge on any atom is -0.478 e. The fourth-order valence-corrected chi connectivity index (χ4v) is 4.00. The van der Waals surface area contributed by atoms with Crippen LogP contribution >= 0.6 is 15.9 Å². The first kappa shape index (κ1) is 18.1. The molecular weight excluding hydrogens is 362 g/mol. The van der Waals surface area contributed by atoms with Crippen LogP contribution in [-0.2, 0) is 10.0 Å². The molecule has 118 valence electrons. The summed E-state index contributed by atoms with van der Waals surface area (Å²) in [5, 5.41) is 17.6. The maximum absolute atomic E-state index is 12.4. The predicted octanol–water partition coefficient (Wildman–Crippen LogP) is 1.93. The highest BCUT2D eigenvalue weighted by Crippen LogP contribution is 2.26. The van der Waals surface area contributed by atoms with Crippen molar-refractivity contribution in [2.45, 2.75) is 24.2 Å². The van der Waals surface area contributed by atoms with Gasteiger partial charge in [-0.3, -0.25) is 0 Å². The molecule has 8 heteroatoms. The second kappa shape index (κ2) is 7.88. The summed E-state index contributed by atoms with van der Waals surface area (Å²) >= 11 is 3.11. The van der Waals surface area contributed by atoms with Gasteiger partial charge >= 0.3 is 5.97 Å². The second-order valence-electron chi connectivity index (χ2n) is 4.56. The first-order chi connectivity index (χ1) is 9.80. The molecular formula is C13H18BrNO5S. The number of benzene rings is 1. The van der Waals surface area contributed by atoms with Crippen molar-refractivity contribution in [2.24, 2.45) is 0 Å². The van der Waals surface area contributed by atoms with E-state index in [1.54, 1.807) is 0 Å². The molecule has 0 aliphatic heterocycles. The zero-order valence-electron chi connectivity index (χ0n) is 11.6. The van der Waals surface area contributed by atoms with Crippen LogP contribution in [0.3, 0.4) is 0 Å². The number of carboxylic acid groups (broad SMARTS) is 1. The maximum Gasteiger partial charge on any atom is 0.335 e. The van der Waals surface area contributed by atoms with Crippen LogP contribution in [-0.4, -0.2) is 49.1 Å². The Morgan fingerprint density at radius 2 is 1.95 bits per heavy atom. The van der Waals surface area contributed by atoms with E-state index in [1.807, 2.05) is 0 Å². The van der Waals surface area contributed by atoms with Crippen molar-refractivity contribution in [2.75, 3.05) is 20.2 Å². The molecule has 0 saturated carbocycles. The molecule has 0 unspecified atom stereocenters. The Labute approximate surface area is 132 Å². The molecule has 0 heterocycles. The zero-order chi connectivity index (χ0) is 16.0. The second-order valence-corrected chi connectivity index (χ2v) is 7.43. The zero-order valence-corrected chi connectivity index (χ0v) is 14.0. The number of sulfonamides is 1. The van der Waals surface area contributed by atoms with Crippen LogP contribution in [0.4, 0.5) is 0 Å². The summed E-state index contributed by atoms with van der Waals surface area (Å²) in [4.78, 5) is 10.9. The lowest BCUT2D eigenvalue weighted by molar-refractivity contribution is 0.0696. The van der Waals surface area contributed by atoms with E-state index in [-0.39, 0.29) is 21.5 Å². The van der Waals surface area contributed by atoms with Crippen molar-refractivity contribution in [3.63, 3.8) is 0 Å². The molecule has 0 fully saturated rings. The van der Waals surface area contributed by atoms with Crippen LogP contribution < -0.4 is 0 Å². The number of aliphatic hydroxyl groups excluding tert-OH is 1. The summed E-state index contributed by atoms with van der Waals surface area (Å²) in [6, 6.07) is 3.82. The average Bonchev–Trinajstić information content (AvgIpc) is 2.42. The summed E-state index contributed by atoms with van der Waals surface area (Å²) < 4.78 is 26.2. The van der Waals surface area contributed by atoms with E-state index in [0.717, 1.165) is 6.42 Å². The monoisotopic (exact) mass is 379 g/mol. The molecule has 1 aromatic rings. The predicted molar refractivity (Wildman–Crippen MR) is 81.9 cm³/mol. The fourth-order valence-electron chi connectivity index (χ4n) is 1.75. The molecule has 6 nitrogen and oxygen atoms in total. The molecule has 0 aromatic heterocycles. The molecule has 1 rings (SSSR count). The van der Waals surface area contributed by atoms with Gasteiger partial charge in [0.2, 0.25) is 10.0 Å². The van der Waals surface area contributed by atoms with Crippen LogP contribution in [0.2, 0.25) is 0 Å².